The highest BCUT2D eigenvalue weighted by Gasteiger charge is 2.28. The summed E-state index contributed by atoms with van der Waals surface area (Å²) in [7, 11) is 1.56. The fraction of sp³-hybridized carbons (Fsp3) is 0.786. The number of aliphatic hydroxyl groups is 1. The molecule has 1 amide bonds. The van der Waals surface area contributed by atoms with Crippen molar-refractivity contribution in [1.29, 1.82) is 0 Å². The van der Waals surface area contributed by atoms with Crippen LogP contribution >= 0.6 is 7.82 Å². The molecule has 0 spiro atoms. The molecule has 0 aliphatic heterocycles. The first-order valence-electron chi connectivity index (χ1n) is 33.5. The highest BCUT2D eigenvalue weighted by molar-refractivity contribution is 7.47. The van der Waals surface area contributed by atoms with Crippen molar-refractivity contribution in [3.05, 3.63) is 85.1 Å². The lowest BCUT2D eigenvalue weighted by atomic mass is 10.0. The van der Waals surface area contributed by atoms with Gasteiger partial charge in [-0.1, -0.05) is 304 Å². The fourth-order valence-corrected chi connectivity index (χ4v) is 10.4. The lowest BCUT2D eigenvalue weighted by Crippen LogP contribution is -2.45. The van der Waals surface area contributed by atoms with Gasteiger partial charge >= 0.3 is 7.82 Å². The van der Waals surface area contributed by atoms with Crippen molar-refractivity contribution in [1.82, 2.24) is 5.32 Å². The van der Waals surface area contributed by atoms with Crippen molar-refractivity contribution in [2.45, 2.75) is 315 Å². The number of nitrogens with one attached hydrogen (secondary N) is 1. The van der Waals surface area contributed by atoms with E-state index in [-0.39, 0.29) is 19.1 Å². The standard InChI is InChI=1S/C70H129N2O6P/c1-6-8-10-12-14-16-18-20-22-24-26-28-29-30-31-32-33-34-35-36-37-38-39-40-41-42-43-44-46-48-50-52-54-56-58-60-62-64-70(74)71-68(67-78-79(75,76)77-66-65-72(3,4)5)69(73)63-61-59-57-55-53-51-49-47-45-27-25-23-21-19-17-15-13-11-9-7-2/h8,10,14,16,20,22,26,28,30-31,53,55,61,63,68-69,73H,6-7,9,11-13,15,17-19,21,23-25,27,29,32-52,54,56-60,62,64-67H2,1-5H3,(H-,71,74,75,76)/p+1/b10-8-,16-14-,22-20-,28-26-,31-30-,55-53+,63-61+. The fourth-order valence-electron chi connectivity index (χ4n) is 9.68. The van der Waals surface area contributed by atoms with Gasteiger partial charge in [0.15, 0.2) is 0 Å². The summed E-state index contributed by atoms with van der Waals surface area (Å²) in [6.45, 7) is 4.71. The van der Waals surface area contributed by atoms with Gasteiger partial charge in [0.2, 0.25) is 5.91 Å². The topological polar surface area (TPSA) is 105 Å². The lowest BCUT2D eigenvalue weighted by molar-refractivity contribution is -0.870. The van der Waals surface area contributed by atoms with Gasteiger partial charge in [0.05, 0.1) is 39.9 Å². The zero-order chi connectivity index (χ0) is 57.7. The molecule has 3 atom stereocenters. The van der Waals surface area contributed by atoms with E-state index >= 15 is 0 Å². The van der Waals surface area contributed by atoms with Crippen LogP contribution in [0.4, 0.5) is 0 Å². The summed E-state index contributed by atoms with van der Waals surface area (Å²) in [6.07, 6.45) is 85.8. The van der Waals surface area contributed by atoms with Gasteiger partial charge < -0.3 is 19.8 Å². The Morgan fingerprint density at radius 3 is 1.16 bits per heavy atom. The Morgan fingerprint density at radius 2 is 0.772 bits per heavy atom. The van der Waals surface area contributed by atoms with Crippen molar-refractivity contribution >= 4 is 13.7 Å². The lowest BCUT2D eigenvalue weighted by Gasteiger charge is -2.25. The second-order valence-corrected chi connectivity index (χ2v) is 25.3. The molecule has 0 bridgehead atoms. The molecule has 0 saturated carbocycles. The molecule has 8 nitrogen and oxygen atoms in total. The molecular formula is C70H130N2O6P+. The van der Waals surface area contributed by atoms with Gasteiger partial charge in [-0.3, -0.25) is 13.8 Å². The molecule has 0 aromatic carbocycles. The third-order valence-corrected chi connectivity index (χ3v) is 15.8. The normalized spacial score (nSPS) is 14.3. The summed E-state index contributed by atoms with van der Waals surface area (Å²) < 4.78 is 23.8. The minimum absolute atomic E-state index is 0.0555. The predicted molar refractivity (Wildman–Crippen MR) is 346 cm³/mol. The molecule has 460 valence electrons. The van der Waals surface area contributed by atoms with E-state index in [1.165, 1.54) is 212 Å². The van der Waals surface area contributed by atoms with E-state index in [0.29, 0.717) is 17.4 Å². The van der Waals surface area contributed by atoms with E-state index in [2.05, 4.69) is 92.1 Å². The Balaban J connectivity index is 4.03. The Kier molecular flexibility index (Phi) is 58.5. The molecule has 9 heteroatoms. The van der Waals surface area contributed by atoms with E-state index in [9.17, 15) is 19.4 Å². The SMILES string of the molecule is CC/C=C\C/C=C\C/C=C\C/C=C\C/C=C\CCCCCCCCCCCCCCCCCCCCCCCC(=O)NC(COP(=O)(O)OCC[N+](C)(C)C)C(O)/C=C/CC/C=C/CCCCCCCCCCCCCCCC. The summed E-state index contributed by atoms with van der Waals surface area (Å²) in [5.74, 6) is -0.184. The van der Waals surface area contributed by atoms with E-state index in [1.807, 2.05) is 27.2 Å². The number of hydrogen-bond donors (Lipinski definition) is 3. The summed E-state index contributed by atoms with van der Waals surface area (Å²) in [6, 6.07) is -0.866. The second kappa shape index (κ2) is 60.3. The molecule has 3 N–H and O–H groups in total. The zero-order valence-corrected chi connectivity index (χ0v) is 53.5. The average Bonchev–Trinajstić information content (AvgIpc) is 3.42. The number of carbonyl (C=O) groups excluding carboxylic acids is 1. The number of rotatable bonds is 61. The van der Waals surface area contributed by atoms with Crippen molar-refractivity contribution < 1.29 is 32.9 Å². The maximum absolute atomic E-state index is 13.0. The molecule has 0 aliphatic carbocycles. The van der Waals surface area contributed by atoms with Crippen LogP contribution in [-0.2, 0) is 18.4 Å². The maximum Gasteiger partial charge on any atom is 0.472 e. The Morgan fingerprint density at radius 1 is 0.443 bits per heavy atom. The first-order chi connectivity index (χ1) is 38.5. The minimum atomic E-state index is -4.36. The van der Waals surface area contributed by atoms with Crippen LogP contribution in [0, 0.1) is 0 Å². The monoisotopic (exact) mass is 1130 g/mol. The highest BCUT2D eigenvalue weighted by atomic mass is 31.2. The highest BCUT2D eigenvalue weighted by Crippen LogP contribution is 2.43. The van der Waals surface area contributed by atoms with E-state index in [0.717, 1.165) is 70.6 Å². The van der Waals surface area contributed by atoms with Crippen LogP contribution in [0.3, 0.4) is 0 Å². The number of nitrogens with zero attached hydrogens (tertiary/aromatic N) is 1. The number of carbonyl (C=O) groups is 1. The Bertz CT molecular complexity index is 1560. The summed E-state index contributed by atoms with van der Waals surface area (Å²) >= 11 is 0. The van der Waals surface area contributed by atoms with Crippen LogP contribution in [0.15, 0.2) is 85.1 Å². The molecule has 0 aromatic heterocycles. The number of phosphoric ester groups is 1. The molecule has 0 heterocycles. The van der Waals surface area contributed by atoms with Crippen LogP contribution < -0.4 is 5.32 Å². The first kappa shape index (κ1) is 76.7. The van der Waals surface area contributed by atoms with Gasteiger partial charge in [-0.15, -0.1) is 0 Å². The summed E-state index contributed by atoms with van der Waals surface area (Å²) in [5.41, 5.74) is 0. The molecule has 0 fully saturated rings. The van der Waals surface area contributed by atoms with Gasteiger partial charge in [-0.05, 0) is 77.0 Å². The summed E-state index contributed by atoms with van der Waals surface area (Å²) in [4.78, 5) is 23.4. The molecule has 79 heavy (non-hydrogen) atoms. The Hall–Kier alpha value is -2.32. The number of amides is 1. The van der Waals surface area contributed by atoms with Crippen LogP contribution in [0.5, 0.6) is 0 Å². The van der Waals surface area contributed by atoms with E-state index < -0.39 is 20.0 Å². The molecular weight excluding hydrogens is 996 g/mol. The van der Waals surface area contributed by atoms with Gasteiger partial charge in [0, 0.05) is 6.42 Å². The largest absolute Gasteiger partial charge is 0.472 e. The number of allylic oxidation sites excluding steroid dienone is 13. The number of phosphoric acid groups is 1. The third-order valence-electron chi connectivity index (χ3n) is 14.8. The second-order valence-electron chi connectivity index (χ2n) is 23.8. The van der Waals surface area contributed by atoms with Gasteiger partial charge in [0.25, 0.3) is 0 Å². The summed E-state index contributed by atoms with van der Waals surface area (Å²) in [5, 5.41) is 14.0. The molecule has 0 rings (SSSR count). The van der Waals surface area contributed by atoms with Crippen molar-refractivity contribution in [2.75, 3.05) is 40.9 Å². The minimum Gasteiger partial charge on any atom is -0.387 e. The zero-order valence-electron chi connectivity index (χ0n) is 52.6. The van der Waals surface area contributed by atoms with Crippen molar-refractivity contribution in [3.63, 3.8) is 0 Å². The van der Waals surface area contributed by atoms with Crippen LogP contribution in [0.25, 0.3) is 0 Å². The molecule has 0 aliphatic rings. The quantitative estimate of drug-likeness (QED) is 0.0243. The molecule has 0 radical (unpaired) electrons. The van der Waals surface area contributed by atoms with Crippen molar-refractivity contribution in [2.24, 2.45) is 0 Å². The number of likely N-dealkylation sites (N-methyl/N-ethyl adjacent to an activating group) is 1. The smallest absolute Gasteiger partial charge is 0.387 e. The maximum atomic E-state index is 13.0. The van der Waals surface area contributed by atoms with E-state index in [4.69, 9.17) is 9.05 Å². The third kappa shape index (κ3) is 63.1. The molecule has 3 unspecified atom stereocenters. The first-order valence-corrected chi connectivity index (χ1v) is 35.0. The van der Waals surface area contributed by atoms with Gasteiger partial charge in [-0.2, -0.15) is 0 Å². The van der Waals surface area contributed by atoms with Crippen molar-refractivity contribution in [3.8, 4) is 0 Å². The van der Waals surface area contributed by atoms with E-state index in [1.54, 1.807) is 6.08 Å². The Labute approximate surface area is 490 Å². The predicted octanol–water partition coefficient (Wildman–Crippen LogP) is 21.2. The molecule has 0 aromatic rings. The van der Waals surface area contributed by atoms with Crippen LogP contribution in [0.1, 0.15) is 303 Å². The van der Waals surface area contributed by atoms with Gasteiger partial charge in [0.1, 0.15) is 13.2 Å². The number of quaternary nitrogens is 1. The van der Waals surface area contributed by atoms with Crippen LogP contribution in [0.2, 0.25) is 0 Å². The van der Waals surface area contributed by atoms with Gasteiger partial charge in [-0.25, -0.2) is 4.57 Å². The number of aliphatic hydroxyl groups excluding tert-OH is 1. The molecule has 0 saturated heterocycles. The number of hydrogen-bond acceptors (Lipinski definition) is 5. The number of unbranched alkanes of at least 4 members (excludes halogenated alkanes) is 36. The van der Waals surface area contributed by atoms with Crippen LogP contribution in [-0.4, -0.2) is 73.4 Å². The average molecular weight is 1130 g/mol.